The Hall–Kier alpha value is -1.83. The van der Waals surface area contributed by atoms with Gasteiger partial charge >= 0.3 is 5.97 Å². The number of thioether (sulfide) groups is 1. The standard InChI is InChI=1S/C16H24N4O3S/c1-3-23-15(22)11-8-18-16(20-14(11)17)24-9-13(21)19-12-7-5-4-6-10(12)2/h8,10,12H,3-7,9H2,1-2H3,(H,19,21)(H2,17,18,20)/t10-,12-/m0/s1. The molecule has 1 saturated carbocycles. The predicted octanol–water partition coefficient (Wildman–Crippen LogP) is 2.02. The Bertz CT molecular complexity index is 597. The van der Waals surface area contributed by atoms with Crippen molar-refractivity contribution in [2.24, 2.45) is 5.92 Å². The van der Waals surface area contributed by atoms with Gasteiger partial charge in [0.15, 0.2) is 5.16 Å². The average Bonchev–Trinajstić information content (AvgIpc) is 2.55. The highest BCUT2D eigenvalue weighted by Gasteiger charge is 2.23. The molecule has 1 fully saturated rings. The Balaban J connectivity index is 1.86. The summed E-state index contributed by atoms with van der Waals surface area (Å²) in [6.45, 7) is 4.15. The Morgan fingerprint density at radius 3 is 2.83 bits per heavy atom. The first kappa shape index (κ1) is 18.5. The van der Waals surface area contributed by atoms with Crippen molar-refractivity contribution in [2.45, 2.75) is 50.7 Å². The van der Waals surface area contributed by atoms with Gasteiger partial charge in [-0.25, -0.2) is 14.8 Å². The van der Waals surface area contributed by atoms with Gasteiger partial charge in [-0.1, -0.05) is 31.5 Å². The van der Waals surface area contributed by atoms with Crippen molar-refractivity contribution >= 4 is 29.5 Å². The summed E-state index contributed by atoms with van der Waals surface area (Å²) in [4.78, 5) is 31.9. The molecule has 0 bridgehead atoms. The van der Waals surface area contributed by atoms with Gasteiger partial charge in [-0.15, -0.1) is 0 Å². The number of hydrogen-bond donors (Lipinski definition) is 2. The molecule has 0 spiro atoms. The number of carbonyl (C=O) groups excluding carboxylic acids is 2. The van der Waals surface area contributed by atoms with Crippen LogP contribution < -0.4 is 11.1 Å². The van der Waals surface area contributed by atoms with Crippen LogP contribution in [0.4, 0.5) is 5.82 Å². The van der Waals surface area contributed by atoms with Gasteiger partial charge < -0.3 is 15.8 Å². The maximum Gasteiger partial charge on any atom is 0.343 e. The van der Waals surface area contributed by atoms with Crippen molar-refractivity contribution in [2.75, 3.05) is 18.1 Å². The Kier molecular flexibility index (Phi) is 6.84. The van der Waals surface area contributed by atoms with Crippen molar-refractivity contribution < 1.29 is 14.3 Å². The topological polar surface area (TPSA) is 107 Å². The molecule has 0 unspecified atom stereocenters. The number of ether oxygens (including phenoxy) is 1. The number of esters is 1. The molecular weight excluding hydrogens is 328 g/mol. The molecule has 2 atom stereocenters. The third-order valence-corrected chi connectivity index (χ3v) is 4.94. The fourth-order valence-corrected chi connectivity index (χ4v) is 3.36. The first-order valence-corrected chi connectivity index (χ1v) is 9.21. The minimum absolute atomic E-state index is 0.0320. The maximum absolute atomic E-state index is 12.1. The fourth-order valence-electron chi connectivity index (χ4n) is 2.72. The summed E-state index contributed by atoms with van der Waals surface area (Å²) in [6.07, 6.45) is 5.94. The summed E-state index contributed by atoms with van der Waals surface area (Å²) in [5, 5.41) is 3.45. The number of anilines is 1. The van der Waals surface area contributed by atoms with Crippen LogP contribution in [0.15, 0.2) is 11.4 Å². The zero-order valence-corrected chi connectivity index (χ0v) is 14.9. The lowest BCUT2D eigenvalue weighted by atomic mass is 9.86. The first-order valence-electron chi connectivity index (χ1n) is 8.23. The Labute approximate surface area is 146 Å². The number of nitrogens with one attached hydrogen (secondary N) is 1. The van der Waals surface area contributed by atoms with Gasteiger partial charge in [0.25, 0.3) is 0 Å². The van der Waals surface area contributed by atoms with Crippen molar-refractivity contribution in [3.05, 3.63) is 11.8 Å². The molecule has 1 aromatic rings. The molecule has 0 aliphatic heterocycles. The fraction of sp³-hybridized carbons (Fsp3) is 0.625. The smallest absolute Gasteiger partial charge is 0.343 e. The van der Waals surface area contributed by atoms with Crippen LogP contribution in [-0.4, -0.2) is 40.2 Å². The third kappa shape index (κ3) is 5.09. The second-order valence-corrected chi connectivity index (χ2v) is 6.84. The van der Waals surface area contributed by atoms with Crippen LogP contribution in [0.3, 0.4) is 0 Å². The molecule has 0 aromatic carbocycles. The number of nitrogens with zero attached hydrogens (tertiary/aromatic N) is 2. The monoisotopic (exact) mass is 352 g/mol. The van der Waals surface area contributed by atoms with Gasteiger partial charge in [0.05, 0.1) is 12.4 Å². The molecule has 0 saturated heterocycles. The van der Waals surface area contributed by atoms with Crippen molar-refractivity contribution in [3.8, 4) is 0 Å². The number of amides is 1. The van der Waals surface area contributed by atoms with E-state index in [-0.39, 0.29) is 35.7 Å². The number of nitrogen functional groups attached to an aromatic ring is 1. The van der Waals surface area contributed by atoms with Gasteiger partial charge in [0.1, 0.15) is 11.4 Å². The Morgan fingerprint density at radius 2 is 2.17 bits per heavy atom. The summed E-state index contributed by atoms with van der Waals surface area (Å²) in [6, 6.07) is 0.254. The van der Waals surface area contributed by atoms with Gasteiger partial charge in [-0.05, 0) is 25.7 Å². The molecule has 2 rings (SSSR count). The second kappa shape index (κ2) is 8.86. The molecule has 1 aliphatic rings. The van der Waals surface area contributed by atoms with E-state index in [1.54, 1.807) is 6.92 Å². The first-order chi connectivity index (χ1) is 11.5. The van der Waals surface area contributed by atoms with Gasteiger partial charge in [0.2, 0.25) is 5.91 Å². The SMILES string of the molecule is CCOC(=O)c1cnc(SCC(=O)N[C@H]2CCCC[C@@H]2C)nc1N. The molecule has 1 heterocycles. The van der Waals surface area contributed by atoms with E-state index in [1.807, 2.05) is 0 Å². The summed E-state index contributed by atoms with van der Waals surface area (Å²) in [5.74, 6) is 0.225. The van der Waals surface area contributed by atoms with Crippen LogP contribution >= 0.6 is 11.8 Å². The molecule has 1 aromatic heterocycles. The zero-order chi connectivity index (χ0) is 17.5. The highest BCUT2D eigenvalue weighted by atomic mass is 32.2. The van der Waals surface area contributed by atoms with Gasteiger partial charge in [-0.2, -0.15) is 0 Å². The highest BCUT2D eigenvalue weighted by Crippen LogP contribution is 2.24. The molecule has 132 valence electrons. The maximum atomic E-state index is 12.1. The van der Waals surface area contributed by atoms with E-state index in [2.05, 4.69) is 22.2 Å². The van der Waals surface area contributed by atoms with Crippen molar-refractivity contribution in [1.82, 2.24) is 15.3 Å². The van der Waals surface area contributed by atoms with Crippen molar-refractivity contribution in [1.29, 1.82) is 0 Å². The molecule has 3 N–H and O–H groups in total. The van der Waals surface area contributed by atoms with E-state index >= 15 is 0 Å². The van der Waals surface area contributed by atoms with Gasteiger partial charge in [-0.3, -0.25) is 4.79 Å². The van der Waals surface area contributed by atoms with Crippen LogP contribution in [0.2, 0.25) is 0 Å². The van der Waals surface area contributed by atoms with Crippen LogP contribution in [-0.2, 0) is 9.53 Å². The summed E-state index contributed by atoms with van der Waals surface area (Å²) < 4.78 is 4.87. The molecule has 8 heteroatoms. The predicted molar refractivity (Wildman–Crippen MR) is 92.7 cm³/mol. The highest BCUT2D eigenvalue weighted by molar-refractivity contribution is 7.99. The van der Waals surface area contributed by atoms with E-state index in [4.69, 9.17) is 10.5 Å². The van der Waals surface area contributed by atoms with Crippen LogP contribution in [0, 0.1) is 5.92 Å². The number of aromatic nitrogens is 2. The van der Waals surface area contributed by atoms with Crippen molar-refractivity contribution in [3.63, 3.8) is 0 Å². The van der Waals surface area contributed by atoms with Crippen LogP contribution in [0.25, 0.3) is 0 Å². The zero-order valence-electron chi connectivity index (χ0n) is 14.1. The lowest BCUT2D eigenvalue weighted by molar-refractivity contribution is -0.119. The van der Waals surface area contributed by atoms with Crippen LogP contribution in [0.5, 0.6) is 0 Å². The normalized spacial score (nSPS) is 20.4. The number of nitrogens with two attached hydrogens (primary N) is 1. The minimum atomic E-state index is -0.546. The molecule has 24 heavy (non-hydrogen) atoms. The quantitative estimate of drug-likeness (QED) is 0.458. The third-order valence-electron chi connectivity index (χ3n) is 4.08. The summed E-state index contributed by atoms with van der Waals surface area (Å²) in [5.41, 5.74) is 5.90. The van der Waals surface area contributed by atoms with E-state index < -0.39 is 5.97 Å². The number of rotatable bonds is 6. The summed E-state index contributed by atoms with van der Waals surface area (Å²) in [7, 11) is 0. The Morgan fingerprint density at radius 1 is 1.42 bits per heavy atom. The van der Waals surface area contributed by atoms with E-state index in [0.717, 1.165) is 19.3 Å². The lowest BCUT2D eigenvalue weighted by Crippen LogP contribution is -2.41. The average molecular weight is 352 g/mol. The minimum Gasteiger partial charge on any atom is -0.462 e. The van der Waals surface area contributed by atoms with E-state index in [0.29, 0.717) is 11.1 Å². The number of hydrogen-bond acceptors (Lipinski definition) is 7. The van der Waals surface area contributed by atoms with E-state index in [9.17, 15) is 9.59 Å². The molecule has 1 aliphatic carbocycles. The summed E-state index contributed by atoms with van der Waals surface area (Å²) >= 11 is 1.20. The molecule has 7 nitrogen and oxygen atoms in total. The molecule has 0 radical (unpaired) electrons. The second-order valence-electron chi connectivity index (χ2n) is 5.90. The molecule has 1 amide bonds. The number of carbonyl (C=O) groups is 2. The van der Waals surface area contributed by atoms with Crippen LogP contribution in [0.1, 0.15) is 49.9 Å². The largest absolute Gasteiger partial charge is 0.462 e. The van der Waals surface area contributed by atoms with Gasteiger partial charge in [0, 0.05) is 12.2 Å². The molecular formula is C16H24N4O3S. The lowest BCUT2D eigenvalue weighted by Gasteiger charge is -2.29. The van der Waals surface area contributed by atoms with E-state index in [1.165, 1.54) is 24.4 Å².